The first-order valence-corrected chi connectivity index (χ1v) is 15.7. The van der Waals surface area contributed by atoms with Crippen molar-refractivity contribution in [2.75, 3.05) is 0 Å². The third kappa shape index (κ3) is 6.10. The van der Waals surface area contributed by atoms with Crippen LogP contribution in [0.3, 0.4) is 0 Å². The fourth-order valence-electron chi connectivity index (χ4n) is 5.60. The predicted molar refractivity (Wildman–Crippen MR) is 191 cm³/mol. The van der Waals surface area contributed by atoms with Gasteiger partial charge in [0, 0.05) is 34.0 Å². The molecule has 0 aliphatic carbocycles. The van der Waals surface area contributed by atoms with Crippen LogP contribution in [0, 0.1) is 0 Å². The van der Waals surface area contributed by atoms with Crippen molar-refractivity contribution in [3.63, 3.8) is 0 Å². The summed E-state index contributed by atoms with van der Waals surface area (Å²) in [7, 11) is 0. The van der Waals surface area contributed by atoms with Crippen molar-refractivity contribution < 1.29 is 0 Å². The van der Waals surface area contributed by atoms with Gasteiger partial charge in [0.1, 0.15) is 5.69 Å². The van der Waals surface area contributed by atoms with Gasteiger partial charge in [0.15, 0.2) is 23.3 Å². The van der Waals surface area contributed by atoms with E-state index in [-0.39, 0.29) is 0 Å². The van der Waals surface area contributed by atoms with Gasteiger partial charge in [-0.2, -0.15) is 0 Å². The second-order valence-corrected chi connectivity index (χ2v) is 11.2. The molecule has 0 aliphatic rings. The summed E-state index contributed by atoms with van der Waals surface area (Å²) in [5.74, 6) is 2.39. The topological polar surface area (TPSA) is 77.3 Å². The fraction of sp³-hybridized carbons (Fsp3) is 0. The van der Waals surface area contributed by atoms with Gasteiger partial charge in [-0.3, -0.25) is 4.98 Å². The average Bonchev–Trinajstić information content (AvgIpc) is 3.19. The number of benzene rings is 5. The Morgan fingerprint density at radius 2 is 0.688 bits per heavy atom. The van der Waals surface area contributed by atoms with Crippen LogP contribution in [-0.4, -0.2) is 29.9 Å². The maximum absolute atomic E-state index is 5.03. The first-order valence-electron chi connectivity index (χ1n) is 15.7. The largest absolute Gasteiger partial charge is 0.253 e. The predicted octanol–water partition coefficient (Wildman–Crippen LogP) is 9.73. The fourth-order valence-corrected chi connectivity index (χ4v) is 5.60. The number of nitrogens with zero attached hydrogens (tertiary/aromatic N) is 6. The van der Waals surface area contributed by atoms with Crippen LogP contribution in [0.4, 0.5) is 0 Å². The van der Waals surface area contributed by atoms with E-state index in [1.165, 1.54) is 0 Å². The third-order valence-electron chi connectivity index (χ3n) is 8.00. The molecule has 0 aliphatic heterocycles. The van der Waals surface area contributed by atoms with Crippen LogP contribution in [0.15, 0.2) is 170 Å². The summed E-state index contributed by atoms with van der Waals surface area (Å²) < 4.78 is 0. The zero-order chi connectivity index (χ0) is 32.1. The average molecular weight is 617 g/mol. The smallest absolute Gasteiger partial charge is 0.182 e. The van der Waals surface area contributed by atoms with Gasteiger partial charge in [0.2, 0.25) is 0 Å². The third-order valence-corrected chi connectivity index (χ3v) is 8.00. The molecule has 48 heavy (non-hydrogen) atoms. The van der Waals surface area contributed by atoms with Gasteiger partial charge in [0.05, 0.1) is 11.4 Å². The molecule has 8 rings (SSSR count). The summed E-state index contributed by atoms with van der Waals surface area (Å²) in [4.78, 5) is 29.1. The van der Waals surface area contributed by atoms with Crippen LogP contribution in [0.5, 0.6) is 0 Å². The zero-order valence-electron chi connectivity index (χ0n) is 25.8. The van der Waals surface area contributed by atoms with E-state index in [4.69, 9.17) is 24.9 Å². The van der Waals surface area contributed by atoms with Gasteiger partial charge >= 0.3 is 0 Å². The zero-order valence-corrected chi connectivity index (χ0v) is 25.8. The summed E-state index contributed by atoms with van der Waals surface area (Å²) in [6.07, 6.45) is 1.75. The highest BCUT2D eigenvalue weighted by Crippen LogP contribution is 2.32. The molecule has 0 bridgehead atoms. The van der Waals surface area contributed by atoms with Crippen LogP contribution >= 0.6 is 0 Å². The van der Waals surface area contributed by atoms with E-state index in [0.29, 0.717) is 29.0 Å². The summed E-state index contributed by atoms with van der Waals surface area (Å²) >= 11 is 0. The number of rotatable bonds is 7. The maximum atomic E-state index is 5.03. The van der Waals surface area contributed by atoms with Crippen LogP contribution in [0.25, 0.3) is 79.3 Å². The monoisotopic (exact) mass is 616 g/mol. The molecule has 0 fully saturated rings. The van der Waals surface area contributed by atoms with E-state index in [2.05, 4.69) is 59.6 Å². The van der Waals surface area contributed by atoms with Crippen molar-refractivity contribution in [2.24, 2.45) is 0 Å². The minimum Gasteiger partial charge on any atom is -0.253 e. The molecule has 3 heterocycles. The highest BCUT2D eigenvalue weighted by Gasteiger charge is 2.15. The molecule has 6 nitrogen and oxygen atoms in total. The Hall–Kier alpha value is -6.66. The quantitative estimate of drug-likeness (QED) is 0.177. The molecule has 3 aromatic heterocycles. The molecule has 0 N–H and O–H groups in total. The van der Waals surface area contributed by atoms with Gasteiger partial charge in [-0.1, -0.05) is 133 Å². The lowest BCUT2D eigenvalue weighted by molar-refractivity contribution is 1.06. The highest BCUT2D eigenvalue weighted by atomic mass is 15.0. The summed E-state index contributed by atoms with van der Waals surface area (Å²) in [5.41, 5.74) is 9.32. The van der Waals surface area contributed by atoms with Crippen molar-refractivity contribution in [1.29, 1.82) is 0 Å². The lowest BCUT2D eigenvalue weighted by Crippen LogP contribution is -2.01. The summed E-state index contributed by atoms with van der Waals surface area (Å²) in [6, 6.07) is 54.8. The van der Waals surface area contributed by atoms with Crippen LogP contribution in [-0.2, 0) is 0 Å². The molecule has 0 unspecified atom stereocenters. The minimum absolute atomic E-state index is 0.527. The molecule has 0 radical (unpaired) electrons. The normalized spacial score (nSPS) is 10.9. The Kier molecular flexibility index (Phi) is 7.79. The van der Waals surface area contributed by atoms with Crippen LogP contribution < -0.4 is 0 Å². The van der Waals surface area contributed by atoms with Crippen molar-refractivity contribution in [1.82, 2.24) is 29.9 Å². The molecule has 8 aromatic rings. The van der Waals surface area contributed by atoms with E-state index in [0.717, 1.165) is 50.3 Å². The van der Waals surface area contributed by atoms with Gasteiger partial charge in [0.25, 0.3) is 0 Å². The lowest BCUT2D eigenvalue weighted by Gasteiger charge is -2.11. The van der Waals surface area contributed by atoms with Gasteiger partial charge in [-0.15, -0.1) is 0 Å². The summed E-state index contributed by atoms with van der Waals surface area (Å²) in [6.45, 7) is 0. The van der Waals surface area contributed by atoms with Crippen molar-refractivity contribution >= 4 is 0 Å². The molecule has 226 valence electrons. The number of pyridine rings is 1. The molecular weight excluding hydrogens is 589 g/mol. The van der Waals surface area contributed by atoms with E-state index in [1.807, 2.05) is 109 Å². The van der Waals surface area contributed by atoms with Gasteiger partial charge in [-0.25, -0.2) is 24.9 Å². The molecule has 0 saturated carbocycles. The molecule has 0 saturated heterocycles. The van der Waals surface area contributed by atoms with Crippen molar-refractivity contribution in [3.05, 3.63) is 170 Å². The Labute approximate surface area is 278 Å². The van der Waals surface area contributed by atoms with Crippen LogP contribution in [0.1, 0.15) is 0 Å². The molecule has 5 aromatic carbocycles. The Morgan fingerprint density at radius 3 is 1.29 bits per heavy atom. The Bertz CT molecular complexity index is 2040. The van der Waals surface area contributed by atoms with Crippen LogP contribution in [0.2, 0.25) is 0 Å². The first-order chi connectivity index (χ1) is 23.8. The Balaban J connectivity index is 1.21. The van der Waals surface area contributed by atoms with Gasteiger partial charge < -0.3 is 0 Å². The SMILES string of the molecule is c1ccc(-c2cc(-c3cccc(-c4cccc(-c5nc(-c6ccccc6)nc(-c6ccccn6)n5)c4)c3)nc(-c3ccccc3)n2)cc1. The van der Waals surface area contributed by atoms with E-state index in [9.17, 15) is 0 Å². The lowest BCUT2D eigenvalue weighted by atomic mass is 9.99. The minimum atomic E-state index is 0.527. The molecule has 0 amide bonds. The standard InChI is InChI=1S/C42H28N6/c1-4-14-29(15-5-1)37-28-38(45-39(44-37)30-16-6-2-7-17-30)34-22-12-20-32(26-34)33-21-13-23-35(27-33)41-46-40(31-18-8-3-9-19-31)47-42(48-41)36-24-10-11-25-43-36/h1-28H. The van der Waals surface area contributed by atoms with Gasteiger partial charge in [-0.05, 0) is 41.5 Å². The molecule has 0 spiro atoms. The van der Waals surface area contributed by atoms with E-state index in [1.54, 1.807) is 6.20 Å². The maximum Gasteiger partial charge on any atom is 0.182 e. The highest BCUT2D eigenvalue weighted by molar-refractivity contribution is 5.78. The molecular formula is C42H28N6. The van der Waals surface area contributed by atoms with Crippen molar-refractivity contribution in [3.8, 4) is 79.3 Å². The molecule has 6 heteroatoms. The van der Waals surface area contributed by atoms with E-state index < -0.39 is 0 Å². The summed E-state index contributed by atoms with van der Waals surface area (Å²) in [5, 5.41) is 0. The second-order valence-electron chi connectivity index (χ2n) is 11.2. The number of hydrogen-bond donors (Lipinski definition) is 0. The Morgan fingerprint density at radius 1 is 0.250 bits per heavy atom. The second kappa shape index (κ2) is 13.0. The van der Waals surface area contributed by atoms with E-state index >= 15 is 0 Å². The van der Waals surface area contributed by atoms with Crippen molar-refractivity contribution in [2.45, 2.75) is 0 Å². The molecule has 0 atom stereocenters. The number of aromatic nitrogens is 6. The first kappa shape index (κ1) is 28.8. The number of hydrogen-bond acceptors (Lipinski definition) is 6.